The van der Waals surface area contributed by atoms with Gasteiger partial charge in [0.2, 0.25) is 0 Å². The van der Waals surface area contributed by atoms with Gasteiger partial charge in [0, 0.05) is 6.42 Å². The predicted molar refractivity (Wildman–Crippen MR) is 54.3 cm³/mol. The molecule has 0 saturated carbocycles. The first-order valence-corrected chi connectivity index (χ1v) is 5.40. The predicted octanol–water partition coefficient (Wildman–Crippen LogP) is 2.25. The second-order valence-electron chi connectivity index (χ2n) is 4.68. The summed E-state index contributed by atoms with van der Waals surface area (Å²) in [5.41, 5.74) is -1.81. The molecule has 3 nitrogen and oxygen atoms in total. The lowest BCUT2D eigenvalue weighted by Crippen LogP contribution is -2.55. The zero-order valence-electron chi connectivity index (χ0n) is 9.89. The summed E-state index contributed by atoms with van der Waals surface area (Å²) in [6.45, 7) is 3.33. The molecule has 0 amide bonds. The number of halogens is 2. The van der Waals surface area contributed by atoms with E-state index in [1.54, 1.807) is 13.8 Å². The first-order chi connectivity index (χ1) is 7.35. The largest absolute Gasteiger partial charge is 0.468 e. The smallest absolute Gasteiger partial charge is 0.320 e. The van der Waals surface area contributed by atoms with Gasteiger partial charge in [-0.1, -0.05) is 13.8 Å². The van der Waals surface area contributed by atoms with Crippen LogP contribution < -0.4 is 0 Å². The Kier molecular flexibility index (Phi) is 3.88. The van der Waals surface area contributed by atoms with E-state index in [1.165, 1.54) is 0 Å². The van der Waals surface area contributed by atoms with Crippen LogP contribution in [0.15, 0.2) is 0 Å². The Morgan fingerprint density at radius 3 is 2.56 bits per heavy atom. The van der Waals surface area contributed by atoms with Crippen LogP contribution in [0.3, 0.4) is 0 Å². The molecule has 0 aromatic rings. The first-order valence-electron chi connectivity index (χ1n) is 5.40. The van der Waals surface area contributed by atoms with Crippen LogP contribution in [0, 0.1) is 11.3 Å². The van der Waals surface area contributed by atoms with Crippen LogP contribution in [0.2, 0.25) is 0 Å². The molecule has 1 rings (SSSR count). The molecule has 1 aliphatic rings. The van der Waals surface area contributed by atoms with Gasteiger partial charge in [0.25, 0.3) is 5.92 Å². The number of hydrogen-bond donors (Lipinski definition) is 0. The summed E-state index contributed by atoms with van der Waals surface area (Å²) in [4.78, 5) is 11.7. The van der Waals surface area contributed by atoms with Crippen molar-refractivity contribution in [3.05, 3.63) is 0 Å². The van der Waals surface area contributed by atoms with Crippen molar-refractivity contribution in [2.24, 2.45) is 11.3 Å². The van der Waals surface area contributed by atoms with Gasteiger partial charge < -0.3 is 9.47 Å². The van der Waals surface area contributed by atoms with Gasteiger partial charge in [0.1, 0.15) is 0 Å². The van der Waals surface area contributed by atoms with E-state index in [0.717, 1.165) is 7.11 Å². The minimum atomic E-state index is -3.05. The van der Waals surface area contributed by atoms with Crippen LogP contribution in [0.25, 0.3) is 0 Å². The number of carbonyl (C=O) groups excluding carboxylic acids is 1. The average molecular weight is 236 g/mol. The maximum Gasteiger partial charge on any atom is 0.320 e. The van der Waals surface area contributed by atoms with Crippen LogP contribution in [0.1, 0.15) is 26.7 Å². The van der Waals surface area contributed by atoms with E-state index in [9.17, 15) is 13.6 Å². The van der Waals surface area contributed by atoms with E-state index in [2.05, 4.69) is 4.74 Å². The normalized spacial score (nSPS) is 29.1. The van der Waals surface area contributed by atoms with Crippen molar-refractivity contribution in [3.63, 3.8) is 0 Å². The summed E-state index contributed by atoms with van der Waals surface area (Å²) in [5.74, 6) is -3.94. The molecule has 0 aliphatic carbocycles. The van der Waals surface area contributed by atoms with Crippen molar-refractivity contribution in [1.29, 1.82) is 0 Å². The van der Waals surface area contributed by atoms with Crippen LogP contribution in [0.4, 0.5) is 8.78 Å². The fourth-order valence-corrected chi connectivity index (χ4v) is 2.18. The number of carbonyl (C=O) groups is 1. The molecule has 0 radical (unpaired) electrons. The fraction of sp³-hybridized carbons (Fsp3) is 0.909. The van der Waals surface area contributed by atoms with Crippen LogP contribution >= 0.6 is 0 Å². The van der Waals surface area contributed by atoms with Gasteiger partial charge in [-0.3, -0.25) is 4.79 Å². The molecule has 16 heavy (non-hydrogen) atoms. The first kappa shape index (κ1) is 13.4. The monoisotopic (exact) mass is 236 g/mol. The molecule has 0 N–H and O–H groups in total. The Balaban J connectivity index is 3.05. The number of methoxy groups -OCH3 is 1. The Bertz CT molecular complexity index is 266. The topological polar surface area (TPSA) is 35.5 Å². The lowest BCUT2D eigenvalue weighted by Gasteiger charge is -2.41. The minimum absolute atomic E-state index is 0.0101. The number of rotatable bonds is 3. The van der Waals surface area contributed by atoms with E-state index in [-0.39, 0.29) is 25.6 Å². The highest BCUT2D eigenvalue weighted by atomic mass is 19.3. The second kappa shape index (κ2) is 4.65. The van der Waals surface area contributed by atoms with Crippen molar-refractivity contribution in [1.82, 2.24) is 0 Å². The van der Waals surface area contributed by atoms with Crippen LogP contribution in [-0.4, -0.2) is 32.2 Å². The molecule has 5 heteroatoms. The Labute approximate surface area is 94.1 Å². The van der Waals surface area contributed by atoms with E-state index >= 15 is 0 Å². The van der Waals surface area contributed by atoms with E-state index in [1.807, 2.05) is 0 Å². The summed E-state index contributed by atoms with van der Waals surface area (Å²) in [6, 6.07) is 0. The highest BCUT2D eigenvalue weighted by Gasteiger charge is 2.61. The molecule has 1 unspecified atom stereocenters. The lowest BCUT2D eigenvalue weighted by molar-refractivity contribution is -0.222. The molecule has 0 spiro atoms. The van der Waals surface area contributed by atoms with Crippen molar-refractivity contribution >= 4 is 5.97 Å². The summed E-state index contributed by atoms with van der Waals surface area (Å²) < 4.78 is 37.5. The van der Waals surface area contributed by atoms with Crippen molar-refractivity contribution in [2.75, 3.05) is 20.3 Å². The van der Waals surface area contributed by atoms with Crippen molar-refractivity contribution < 1.29 is 23.0 Å². The Hall–Kier alpha value is -0.710. The number of esters is 1. The Morgan fingerprint density at radius 2 is 2.12 bits per heavy atom. The Morgan fingerprint density at radius 1 is 1.50 bits per heavy atom. The summed E-state index contributed by atoms with van der Waals surface area (Å²) in [6.07, 6.45) is -0.346. The highest BCUT2D eigenvalue weighted by Crippen LogP contribution is 2.47. The summed E-state index contributed by atoms with van der Waals surface area (Å²) in [7, 11) is 1.13. The molecule has 1 fully saturated rings. The molecule has 1 saturated heterocycles. The van der Waals surface area contributed by atoms with E-state index in [4.69, 9.17) is 4.74 Å². The number of hydrogen-bond acceptors (Lipinski definition) is 3. The van der Waals surface area contributed by atoms with Crippen molar-refractivity contribution in [2.45, 2.75) is 32.6 Å². The average Bonchev–Trinajstić information content (AvgIpc) is 2.19. The standard InChI is InChI=1S/C11H18F2O3/c1-8(2)6-10(9(14)15-3)7-16-5-4-11(10,12)13/h8H,4-7H2,1-3H3. The number of alkyl halides is 2. The molecule has 0 aromatic carbocycles. The SMILES string of the molecule is COC(=O)C1(CC(C)C)COCCC1(F)F. The van der Waals surface area contributed by atoms with Gasteiger partial charge in [-0.25, -0.2) is 8.78 Å². The van der Waals surface area contributed by atoms with Crippen LogP contribution in [-0.2, 0) is 14.3 Å². The molecular formula is C11H18F2O3. The molecule has 0 bridgehead atoms. The quantitative estimate of drug-likeness (QED) is 0.705. The van der Waals surface area contributed by atoms with Crippen LogP contribution in [0.5, 0.6) is 0 Å². The zero-order valence-corrected chi connectivity index (χ0v) is 9.89. The van der Waals surface area contributed by atoms with E-state index in [0.29, 0.717) is 0 Å². The lowest BCUT2D eigenvalue weighted by atomic mass is 9.73. The van der Waals surface area contributed by atoms with Gasteiger partial charge in [-0.2, -0.15) is 0 Å². The maximum absolute atomic E-state index is 13.9. The van der Waals surface area contributed by atoms with Gasteiger partial charge in [-0.15, -0.1) is 0 Å². The van der Waals surface area contributed by atoms with Gasteiger partial charge in [0.15, 0.2) is 5.41 Å². The van der Waals surface area contributed by atoms with Gasteiger partial charge in [0.05, 0.1) is 20.3 Å². The van der Waals surface area contributed by atoms with Gasteiger partial charge >= 0.3 is 5.97 Å². The zero-order chi connectivity index (χ0) is 12.4. The third kappa shape index (κ3) is 2.19. The third-order valence-electron chi connectivity index (χ3n) is 2.94. The number of ether oxygens (including phenoxy) is 2. The van der Waals surface area contributed by atoms with Gasteiger partial charge in [-0.05, 0) is 12.3 Å². The highest BCUT2D eigenvalue weighted by molar-refractivity contribution is 5.78. The van der Waals surface area contributed by atoms with Crippen molar-refractivity contribution in [3.8, 4) is 0 Å². The molecule has 1 atom stereocenters. The maximum atomic E-state index is 13.9. The summed E-state index contributed by atoms with van der Waals surface area (Å²) in [5, 5.41) is 0. The fourth-order valence-electron chi connectivity index (χ4n) is 2.18. The molecule has 0 aromatic heterocycles. The molecule has 1 aliphatic heterocycles. The second-order valence-corrected chi connectivity index (χ2v) is 4.68. The van der Waals surface area contributed by atoms with E-state index < -0.39 is 23.7 Å². The molecule has 1 heterocycles. The molecular weight excluding hydrogens is 218 g/mol. The third-order valence-corrected chi connectivity index (χ3v) is 2.94. The minimum Gasteiger partial charge on any atom is -0.468 e. The summed E-state index contributed by atoms with van der Waals surface area (Å²) >= 11 is 0. The molecule has 94 valence electrons.